The van der Waals surface area contributed by atoms with E-state index in [1.165, 1.54) is 19.2 Å². The fraction of sp³-hybridized carbons (Fsp3) is 0.143. The van der Waals surface area contributed by atoms with Crippen LogP contribution in [0.2, 0.25) is 0 Å². The van der Waals surface area contributed by atoms with Crippen LogP contribution in [-0.2, 0) is 10.0 Å². The van der Waals surface area contributed by atoms with Crippen molar-refractivity contribution in [1.29, 1.82) is 0 Å². The molecule has 2 rings (SSSR count). The van der Waals surface area contributed by atoms with Gasteiger partial charge in [0.15, 0.2) is 0 Å². The molecule has 0 spiro atoms. The molecule has 0 radical (unpaired) electrons. The molecule has 1 heterocycles. The van der Waals surface area contributed by atoms with Gasteiger partial charge in [0.1, 0.15) is 11.0 Å². The van der Waals surface area contributed by atoms with E-state index in [9.17, 15) is 8.42 Å². The summed E-state index contributed by atoms with van der Waals surface area (Å²) in [6, 6.07) is 4.55. The number of aromatic amines is 1. The summed E-state index contributed by atoms with van der Waals surface area (Å²) >= 11 is 0. The second-order valence-corrected chi connectivity index (χ2v) is 4.57. The van der Waals surface area contributed by atoms with Crippen LogP contribution in [0.3, 0.4) is 0 Å². The lowest BCUT2D eigenvalue weighted by molar-refractivity contribution is 0.588. The zero-order valence-corrected chi connectivity index (χ0v) is 8.17. The highest BCUT2D eigenvalue weighted by molar-refractivity contribution is 7.89. The van der Waals surface area contributed by atoms with Gasteiger partial charge in [0, 0.05) is 0 Å². The Morgan fingerprint density at radius 1 is 1.29 bits per heavy atom. The first-order valence-electron chi connectivity index (χ1n) is 3.87. The lowest BCUT2D eigenvalue weighted by Crippen LogP contribution is -2.18. The first kappa shape index (κ1) is 9.10. The summed E-state index contributed by atoms with van der Waals surface area (Å²) in [6.45, 7) is 0. The number of benzene rings is 1. The van der Waals surface area contributed by atoms with Crippen molar-refractivity contribution in [2.24, 2.45) is 0 Å². The summed E-state index contributed by atoms with van der Waals surface area (Å²) in [6.07, 6.45) is 0. The van der Waals surface area contributed by atoms with Crippen molar-refractivity contribution in [2.45, 2.75) is 4.90 Å². The van der Waals surface area contributed by atoms with E-state index in [0.29, 0.717) is 11.0 Å². The second kappa shape index (κ2) is 3.03. The van der Waals surface area contributed by atoms with Gasteiger partial charge < -0.3 is 0 Å². The Labute approximate surface area is 80.4 Å². The van der Waals surface area contributed by atoms with Crippen LogP contribution in [0.25, 0.3) is 11.0 Å². The molecule has 74 valence electrons. The normalized spacial score (nSPS) is 12.1. The van der Waals surface area contributed by atoms with Crippen molar-refractivity contribution >= 4 is 21.1 Å². The summed E-state index contributed by atoms with van der Waals surface area (Å²) < 4.78 is 25.0. The minimum Gasteiger partial charge on any atom is -0.214 e. The molecule has 0 atom stereocenters. The third-order valence-electron chi connectivity index (χ3n) is 1.87. The fourth-order valence-corrected chi connectivity index (χ4v) is 1.85. The van der Waals surface area contributed by atoms with Gasteiger partial charge in [0.05, 0.1) is 4.90 Å². The van der Waals surface area contributed by atoms with Crippen LogP contribution in [0.1, 0.15) is 0 Å². The number of nitrogens with zero attached hydrogens (tertiary/aromatic N) is 2. The minimum atomic E-state index is -3.40. The predicted octanol–water partition coefficient (Wildman–Crippen LogP) is -0.134. The number of nitrogens with one attached hydrogen (secondary N) is 2. The molecule has 0 aliphatic rings. The zero-order chi connectivity index (χ0) is 10.2. The van der Waals surface area contributed by atoms with Crippen molar-refractivity contribution in [3.8, 4) is 0 Å². The van der Waals surface area contributed by atoms with Crippen LogP contribution < -0.4 is 4.72 Å². The zero-order valence-electron chi connectivity index (χ0n) is 7.35. The topological polar surface area (TPSA) is 87.7 Å². The van der Waals surface area contributed by atoms with E-state index in [4.69, 9.17) is 0 Å². The molecule has 0 unspecified atom stereocenters. The van der Waals surface area contributed by atoms with Crippen LogP contribution in [0, 0.1) is 0 Å². The van der Waals surface area contributed by atoms with Gasteiger partial charge in [-0.2, -0.15) is 15.4 Å². The lowest BCUT2D eigenvalue weighted by Gasteiger charge is -2.00. The Morgan fingerprint density at radius 2 is 2.00 bits per heavy atom. The summed E-state index contributed by atoms with van der Waals surface area (Å²) in [5, 5.41) is 10.0. The third-order valence-corrected chi connectivity index (χ3v) is 3.28. The highest BCUT2D eigenvalue weighted by Crippen LogP contribution is 2.14. The summed E-state index contributed by atoms with van der Waals surface area (Å²) in [5.74, 6) is 0. The van der Waals surface area contributed by atoms with Gasteiger partial charge in [-0.25, -0.2) is 13.1 Å². The first-order valence-corrected chi connectivity index (χ1v) is 5.36. The summed E-state index contributed by atoms with van der Waals surface area (Å²) in [7, 11) is -2.04. The molecule has 2 N–H and O–H groups in total. The molecule has 1 aromatic heterocycles. The van der Waals surface area contributed by atoms with E-state index < -0.39 is 10.0 Å². The van der Waals surface area contributed by atoms with E-state index in [2.05, 4.69) is 20.1 Å². The summed E-state index contributed by atoms with van der Waals surface area (Å²) in [4.78, 5) is 0.182. The Kier molecular flexibility index (Phi) is 1.97. The third kappa shape index (κ3) is 1.36. The molecule has 6 nitrogen and oxygen atoms in total. The van der Waals surface area contributed by atoms with E-state index in [1.54, 1.807) is 6.07 Å². The van der Waals surface area contributed by atoms with Crippen molar-refractivity contribution in [3.05, 3.63) is 18.2 Å². The molecule has 0 fully saturated rings. The standard InChI is InChI=1S/C7H8N4O2S/c1-8-14(12,13)5-2-3-6-7(4-5)10-11-9-6/h2-4,8H,1H3,(H,9,10,11). The Morgan fingerprint density at radius 3 is 2.71 bits per heavy atom. The molecule has 0 aliphatic carbocycles. The van der Waals surface area contributed by atoms with Crippen LogP contribution in [-0.4, -0.2) is 30.9 Å². The molecule has 0 amide bonds. The van der Waals surface area contributed by atoms with E-state index in [1.807, 2.05) is 0 Å². The largest absolute Gasteiger partial charge is 0.240 e. The molecule has 0 saturated carbocycles. The molecule has 0 saturated heterocycles. The van der Waals surface area contributed by atoms with Crippen LogP contribution in [0.15, 0.2) is 23.1 Å². The van der Waals surface area contributed by atoms with Crippen molar-refractivity contribution in [3.63, 3.8) is 0 Å². The Bertz CT molecular complexity index is 560. The van der Waals surface area contributed by atoms with Crippen LogP contribution in [0.4, 0.5) is 0 Å². The minimum absolute atomic E-state index is 0.182. The number of fused-ring (bicyclic) bond motifs is 1. The summed E-state index contributed by atoms with van der Waals surface area (Å²) in [5.41, 5.74) is 1.17. The van der Waals surface area contributed by atoms with Gasteiger partial charge in [0.2, 0.25) is 10.0 Å². The van der Waals surface area contributed by atoms with Gasteiger partial charge in [-0.15, -0.1) is 0 Å². The lowest BCUT2D eigenvalue weighted by atomic mass is 10.3. The van der Waals surface area contributed by atoms with Crippen molar-refractivity contribution in [2.75, 3.05) is 7.05 Å². The number of hydrogen-bond donors (Lipinski definition) is 2. The van der Waals surface area contributed by atoms with Crippen LogP contribution >= 0.6 is 0 Å². The monoisotopic (exact) mass is 212 g/mol. The average Bonchev–Trinajstić information content (AvgIpc) is 2.64. The van der Waals surface area contributed by atoms with Gasteiger partial charge in [-0.05, 0) is 25.2 Å². The number of sulfonamides is 1. The maximum Gasteiger partial charge on any atom is 0.240 e. The number of H-pyrrole nitrogens is 1. The predicted molar refractivity (Wildman–Crippen MR) is 50.1 cm³/mol. The van der Waals surface area contributed by atoms with Gasteiger partial charge >= 0.3 is 0 Å². The number of rotatable bonds is 2. The SMILES string of the molecule is CNS(=O)(=O)c1ccc2n[nH]nc2c1. The molecule has 2 aromatic rings. The average molecular weight is 212 g/mol. The quantitative estimate of drug-likeness (QED) is 0.725. The maximum absolute atomic E-state index is 11.4. The molecular weight excluding hydrogens is 204 g/mol. The highest BCUT2D eigenvalue weighted by atomic mass is 32.2. The van der Waals surface area contributed by atoms with E-state index in [0.717, 1.165) is 0 Å². The van der Waals surface area contributed by atoms with Gasteiger partial charge in [-0.1, -0.05) is 0 Å². The molecule has 1 aromatic carbocycles. The van der Waals surface area contributed by atoms with Crippen molar-refractivity contribution in [1.82, 2.24) is 20.1 Å². The fourth-order valence-electron chi connectivity index (χ4n) is 1.11. The molecular formula is C7H8N4O2S. The number of hydrogen-bond acceptors (Lipinski definition) is 4. The Balaban J connectivity index is 2.65. The molecule has 0 bridgehead atoms. The van der Waals surface area contributed by atoms with Crippen LogP contribution in [0.5, 0.6) is 0 Å². The van der Waals surface area contributed by atoms with E-state index >= 15 is 0 Å². The smallest absolute Gasteiger partial charge is 0.214 e. The molecule has 0 aliphatic heterocycles. The number of aromatic nitrogens is 3. The second-order valence-electron chi connectivity index (χ2n) is 2.68. The maximum atomic E-state index is 11.4. The molecule has 14 heavy (non-hydrogen) atoms. The first-order chi connectivity index (χ1) is 6.63. The van der Waals surface area contributed by atoms with Crippen molar-refractivity contribution < 1.29 is 8.42 Å². The van der Waals surface area contributed by atoms with Gasteiger partial charge in [-0.3, -0.25) is 0 Å². The van der Waals surface area contributed by atoms with E-state index in [-0.39, 0.29) is 4.90 Å². The highest BCUT2D eigenvalue weighted by Gasteiger charge is 2.12. The molecule has 7 heteroatoms. The van der Waals surface area contributed by atoms with Gasteiger partial charge in [0.25, 0.3) is 0 Å². The Hall–Kier alpha value is -1.47.